The molecule has 6 heteroatoms. The SMILES string of the molecule is C=CNC1=NC=C/C1=C(/C)N1CCCN(C(=O)c2ccc(Cl)cc2)C2(CC2)C1. The Morgan fingerprint density at radius 3 is 2.71 bits per heavy atom. The van der Waals surface area contributed by atoms with E-state index in [1.807, 2.05) is 24.4 Å². The molecule has 1 N–H and O–H groups in total. The van der Waals surface area contributed by atoms with Crippen molar-refractivity contribution in [3.05, 3.63) is 71.2 Å². The van der Waals surface area contributed by atoms with Gasteiger partial charge in [-0.15, -0.1) is 0 Å². The molecule has 0 aromatic heterocycles. The topological polar surface area (TPSA) is 47.9 Å². The molecule has 2 heterocycles. The van der Waals surface area contributed by atoms with E-state index in [1.54, 1.807) is 18.3 Å². The van der Waals surface area contributed by atoms with E-state index in [-0.39, 0.29) is 11.4 Å². The van der Waals surface area contributed by atoms with Gasteiger partial charge in [-0.25, -0.2) is 4.99 Å². The van der Waals surface area contributed by atoms with Gasteiger partial charge in [0.15, 0.2) is 0 Å². The summed E-state index contributed by atoms with van der Waals surface area (Å²) in [6.07, 6.45) is 8.53. The monoisotopic (exact) mass is 396 g/mol. The van der Waals surface area contributed by atoms with Crippen LogP contribution >= 0.6 is 11.6 Å². The Kier molecular flexibility index (Phi) is 5.02. The molecule has 1 saturated heterocycles. The van der Waals surface area contributed by atoms with Gasteiger partial charge in [0, 0.05) is 47.7 Å². The molecule has 3 aliphatic rings. The molecule has 4 rings (SSSR count). The Hall–Kier alpha value is -2.53. The molecule has 1 saturated carbocycles. The predicted molar refractivity (Wildman–Crippen MR) is 113 cm³/mol. The Bertz CT molecular complexity index is 880. The summed E-state index contributed by atoms with van der Waals surface area (Å²) in [5.74, 6) is 0.938. The summed E-state index contributed by atoms with van der Waals surface area (Å²) in [6, 6.07) is 7.22. The minimum Gasteiger partial charge on any atom is -0.372 e. The number of nitrogens with one attached hydrogen (secondary N) is 1. The maximum Gasteiger partial charge on any atom is 0.254 e. The standard InChI is InChI=1S/C22H25ClN4O/c1-3-24-20-19(9-12-25-20)16(2)26-13-4-14-27(22(15-26)10-11-22)21(28)17-5-7-18(23)8-6-17/h3,5-9,12H,1,4,10-11,13-15H2,2H3,(H,24,25)/b19-16+. The number of allylic oxidation sites excluding steroid dienone is 1. The van der Waals surface area contributed by atoms with Crippen molar-refractivity contribution in [3.63, 3.8) is 0 Å². The second kappa shape index (κ2) is 7.47. The highest BCUT2D eigenvalue weighted by Crippen LogP contribution is 2.45. The third-order valence-electron chi connectivity index (χ3n) is 5.83. The highest BCUT2D eigenvalue weighted by Gasteiger charge is 2.52. The molecule has 1 amide bonds. The fourth-order valence-electron chi connectivity index (χ4n) is 4.11. The number of amides is 1. The Balaban J connectivity index is 1.56. The molecular formula is C22H25ClN4O. The van der Waals surface area contributed by atoms with Crippen molar-refractivity contribution in [2.24, 2.45) is 4.99 Å². The minimum atomic E-state index is -0.0689. The van der Waals surface area contributed by atoms with Crippen molar-refractivity contribution >= 4 is 23.3 Å². The van der Waals surface area contributed by atoms with Crippen LogP contribution in [-0.2, 0) is 0 Å². The van der Waals surface area contributed by atoms with Gasteiger partial charge in [-0.05, 0) is 62.7 Å². The Morgan fingerprint density at radius 1 is 1.29 bits per heavy atom. The predicted octanol–water partition coefficient (Wildman–Crippen LogP) is 3.95. The third kappa shape index (κ3) is 3.47. The van der Waals surface area contributed by atoms with E-state index in [0.29, 0.717) is 10.6 Å². The molecule has 2 aliphatic heterocycles. The molecule has 2 fully saturated rings. The second-order valence-corrected chi connectivity index (χ2v) is 8.04. The second-order valence-electron chi connectivity index (χ2n) is 7.60. The number of rotatable bonds is 3. The molecule has 5 nitrogen and oxygen atoms in total. The van der Waals surface area contributed by atoms with Crippen LogP contribution in [0.2, 0.25) is 5.02 Å². The zero-order valence-electron chi connectivity index (χ0n) is 16.1. The molecule has 0 radical (unpaired) electrons. The molecule has 28 heavy (non-hydrogen) atoms. The van der Waals surface area contributed by atoms with Gasteiger partial charge in [0.25, 0.3) is 5.91 Å². The van der Waals surface area contributed by atoms with Gasteiger partial charge in [-0.2, -0.15) is 0 Å². The first-order valence-electron chi connectivity index (χ1n) is 9.70. The van der Waals surface area contributed by atoms with Crippen LogP contribution in [0.4, 0.5) is 0 Å². The van der Waals surface area contributed by atoms with Crippen LogP contribution in [0.1, 0.15) is 36.5 Å². The minimum absolute atomic E-state index is 0.0689. The van der Waals surface area contributed by atoms with Crippen LogP contribution in [0.25, 0.3) is 0 Å². The summed E-state index contributed by atoms with van der Waals surface area (Å²) in [5.41, 5.74) is 2.92. The van der Waals surface area contributed by atoms with Crippen LogP contribution in [-0.4, -0.2) is 46.7 Å². The van der Waals surface area contributed by atoms with Gasteiger partial charge in [0.1, 0.15) is 5.84 Å². The number of aliphatic imine (C=N–C) groups is 1. The lowest BCUT2D eigenvalue weighted by Gasteiger charge is -2.33. The molecule has 0 atom stereocenters. The summed E-state index contributed by atoms with van der Waals surface area (Å²) in [7, 11) is 0. The lowest BCUT2D eigenvalue weighted by molar-refractivity contribution is 0.0651. The van der Waals surface area contributed by atoms with Gasteiger partial charge in [-0.1, -0.05) is 18.2 Å². The summed E-state index contributed by atoms with van der Waals surface area (Å²) < 4.78 is 0. The molecule has 146 valence electrons. The van der Waals surface area contributed by atoms with E-state index in [4.69, 9.17) is 11.6 Å². The van der Waals surface area contributed by atoms with Gasteiger partial charge >= 0.3 is 0 Å². The largest absolute Gasteiger partial charge is 0.372 e. The summed E-state index contributed by atoms with van der Waals surface area (Å²) >= 11 is 5.98. The van der Waals surface area contributed by atoms with Crippen LogP contribution in [0.15, 0.2) is 65.6 Å². The van der Waals surface area contributed by atoms with Gasteiger partial charge < -0.3 is 15.1 Å². The van der Waals surface area contributed by atoms with Crippen molar-refractivity contribution in [1.29, 1.82) is 0 Å². The fourth-order valence-corrected chi connectivity index (χ4v) is 4.24. The van der Waals surface area contributed by atoms with Crippen LogP contribution < -0.4 is 5.32 Å². The number of carbonyl (C=O) groups is 1. The Labute approximate surface area is 171 Å². The van der Waals surface area contributed by atoms with Crippen LogP contribution in [0.5, 0.6) is 0 Å². The van der Waals surface area contributed by atoms with E-state index in [0.717, 1.165) is 50.3 Å². The number of carbonyl (C=O) groups excluding carboxylic acids is 1. The maximum atomic E-state index is 13.2. The smallest absolute Gasteiger partial charge is 0.254 e. The summed E-state index contributed by atoms with van der Waals surface area (Å²) in [5, 5.41) is 3.76. The number of amidine groups is 1. The lowest BCUT2D eigenvalue weighted by atomic mass is 10.1. The van der Waals surface area contributed by atoms with Crippen LogP contribution in [0.3, 0.4) is 0 Å². The lowest BCUT2D eigenvalue weighted by Crippen LogP contribution is -2.46. The highest BCUT2D eigenvalue weighted by atomic mass is 35.5. The van der Waals surface area contributed by atoms with Gasteiger partial charge in [0.2, 0.25) is 0 Å². The third-order valence-corrected chi connectivity index (χ3v) is 6.09. The first-order chi connectivity index (χ1) is 13.5. The fraction of sp³-hybridized carbons (Fsp3) is 0.364. The number of benzene rings is 1. The van der Waals surface area contributed by atoms with E-state index >= 15 is 0 Å². The normalized spacial score (nSPS) is 22.0. The number of hydrogen-bond donors (Lipinski definition) is 1. The van der Waals surface area contributed by atoms with Gasteiger partial charge in [-0.3, -0.25) is 4.79 Å². The molecule has 1 aromatic rings. The van der Waals surface area contributed by atoms with Crippen molar-refractivity contribution in [2.75, 3.05) is 19.6 Å². The zero-order chi connectivity index (χ0) is 19.7. The van der Waals surface area contributed by atoms with E-state index in [9.17, 15) is 4.79 Å². The van der Waals surface area contributed by atoms with Gasteiger partial charge in [0.05, 0.1) is 5.54 Å². The summed E-state index contributed by atoms with van der Waals surface area (Å²) in [6.45, 7) is 8.44. The van der Waals surface area contributed by atoms with E-state index in [2.05, 4.69) is 33.6 Å². The van der Waals surface area contributed by atoms with Crippen molar-refractivity contribution in [1.82, 2.24) is 15.1 Å². The number of nitrogens with zero attached hydrogens (tertiary/aromatic N) is 3. The van der Waals surface area contributed by atoms with Crippen LogP contribution in [0, 0.1) is 0 Å². The zero-order valence-corrected chi connectivity index (χ0v) is 16.9. The molecule has 1 spiro atoms. The molecule has 1 aliphatic carbocycles. The molecule has 0 bridgehead atoms. The number of halogens is 1. The quantitative estimate of drug-likeness (QED) is 0.841. The van der Waals surface area contributed by atoms with Crippen molar-refractivity contribution < 1.29 is 4.79 Å². The molecular weight excluding hydrogens is 372 g/mol. The Morgan fingerprint density at radius 2 is 2.04 bits per heavy atom. The maximum absolute atomic E-state index is 13.2. The van der Waals surface area contributed by atoms with Crippen molar-refractivity contribution in [3.8, 4) is 0 Å². The summed E-state index contributed by atoms with van der Waals surface area (Å²) in [4.78, 5) is 22.1. The first-order valence-corrected chi connectivity index (χ1v) is 10.1. The number of hydrogen-bond acceptors (Lipinski definition) is 4. The molecule has 0 unspecified atom stereocenters. The first kappa shape index (κ1) is 18.8. The van der Waals surface area contributed by atoms with Crippen molar-refractivity contribution in [2.45, 2.75) is 31.7 Å². The average Bonchev–Trinajstić information content (AvgIpc) is 3.37. The molecule has 1 aromatic carbocycles. The highest BCUT2D eigenvalue weighted by molar-refractivity contribution is 6.30. The average molecular weight is 397 g/mol. The van der Waals surface area contributed by atoms with E-state index < -0.39 is 0 Å². The van der Waals surface area contributed by atoms with E-state index in [1.165, 1.54) is 5.70 Å².